The lowest BCUT2D eigenvalue weighted by Gasteiger charge is -2.22. The normalized spacial score (nSPS) is 14.3. The van der Waals surface area contributed by atoms with E-state index in [9.17, 15) is 0 Å². The molecule has 0 aromatic carbocycles. The summed E-state index contributed by atoms with van der Waals surface area (Å²) in [6.45, 7) is 6.18. The first-order valence-corrected chi connectivity index (χ1v) is 3.62. The number of hydrogen-bond donors (Lipinski definition) is 1. The summed E-state index contributed by atoms with van der Waals surface area (Å²) in [7, 11) is 2.11. The molecule has 0 rings (SSSR count). The molecule has 0 saturated heterocycles. The minimum absolute atomic E-state index is 0.675. The van der Waals surface area contributed by atoms with E-state index >= 15 is 0 Å². The average Bonchev–Trinajstić information content (AvgIpc) is 1.87. The third-order valence-electron chi connectivity index (χ3n) is 1.83. The maximum absolute atomic E-state index is 5.38. The van der Waals surface area contributed by atoms with Gasteiger partial charge in [0.1, 0.15) is 0 Å². The third-order valence-corrected chi connectivity index (χ3v) is 1.83. The second-order valence-corrected chi connectivity index (χ2v) is 2.53. The highest BCUT2D eigenvalue weighted by Crippen LogP contribution is 1.97. The van der Waals surface area contributed by atoms with Crippen molar-refractivity contribution in [1.29, 1.82) is 0 Å². The molecule has 0 aromatic rings. The van der Waals surface area contributed by atoms with Crippen molar-refractivity contribution in [2.45, 2.75) is 26.3 Å². The fourth-order valence-electron chi connectivity index (χ4n) is 0.736. The van der Waals surface area contributed by atoms with E-state index in [0.717, 1.165) is 13.1 Å². The van der Waals surface area contributed by atoms with Crippen molar-refractivity contribution in [3.8, 4) is 0 Å². The third kappa shape index (κ3) is 3.49. The predicted molar refractivity (Wildman–Crippen MR) is 41.4 cm³/mol. The van der Waals surface area contributed by atoms with E-state index < -0.39 is 0 Å². The molecule has 0 spiro atoms. The molecule has 0 aliphatic rings. The number of rotatable bonds is 4. The summed E-state index contributed by atoms with van der Waals surface area (Å²) in [6.07, 6.45) is 1.20. The first kappa shape index (κ1) is 8.92. The number of hydrogen-bond acceptors (Lipinski definition) is 2. The maximum Gasteiger partial charge on any atom is 0.0104 e. The van der Waals surface area contributed by atoms with Crippen LogP contribution in [0.1, 0.15) is 20.3 Å². The zero-order valence-corrected chi connectivity index (χ0v) is 6.72. The van der Waals surface area contributed by atoms with E-state index in [1.54, 1.807) is 0 Å². The summed E-state index contributed by atoms with van der Waals surface area (Å²) >= 11 is 0. The van der Waals surface area contributed by atoms with Crippen LogP contribution in [-0.4, -0.2) is 31.1 Å². The van der Waals surface area contributed by atoms with Gasteiger partial charge in [-0.05, 0) is 20.4 Å². The summed E-state index contributed by atoms with van der Waals surface area (Å²) < 4.78 is 0. The molecule has 1 atom stereocenters. The number of nitrogens with two attached hydrogens (primary N) is 1. The van der Waals surface area contributed by atoms with Gasteiger partial charge >= 0.3 is 0 Å². The average molecular weight is 130 g/mol. The van der Waals surface area contributed by atoms with Crippen LogP contribution in [0.15, 0.2) is 0 Å². The highest BCUT2D eigenvalue weighted by atomic mass is 15.1. The van der Waals surface area contributed by atoms with Gasteiger partial charge < -0.3 is 10.6 Å². The van der Waals surface area contributed by atoms with Crippen LogP contribution in [0.5, 0.6) is 0 Å². The molecule has 0 heterocycles. The van der Waals surface area contributed by atoms with E-state index in [2.05, 4.69) is 25.8 Å². The van der Waals surface area contributed by atoms with Crippen molar-refractivity contribution in [1.82, 2.24) is 4.90 Å². The van der Waals surface area contributed by atoms with Crippen molar-refractivity contribution in [3.05, 3.63) is 0 Å². The van der Waals surface area contributed by atoms with Gasteiger partial charge in [-0.2, -0.15) is 0 Å². The number of likely N-dealkylation sites (N-methyl/N-ethyl adjacent to an activating group) is 1. The molecule has 56 valence electrons. The first-order chi connectivity index (χ1) is 4.22. The smallest absolute Gasteiger partial charge is 0.0104 e. The van der Waals surface area contributed by atoms with Crippen LogP contribution in [-0.2, 0) is 0 Å². The van der Waals surface area contributed by atoms with Crippen molar-refractivity contribution in [2.75, 3.05) is 20.1 Å². The minimum Gasteiger partial charge on any atom is -0.329 e. The van der Waals surface area contributed by atoms with Gasteiger partial charge in [0.05, 0.1) is 0 Å². The van der Waals surface area contributed by atoms with Gasteiger partial charge in [-0.25, -0.2) is 0 Å². The Balaban J connectivity index is 3.32. The Morgan fingerprint density at radius 3 is 2.44 bits per heavy atom. The first-order valence-electron chi connectivity index (χ1n) is 3.62. The molecule has 0 bridgehead atoms. The van der Waals surface area contributed by atoms with Crippen LogP contribution < -0.4 is 5.73 Å². The molecular weight excluding hydrogens is 112 g/mol. The van der Waals surface area contributed by atoms with Crippen LogP contribution >= 0.6 is 0 Å². The summed E-state index contributed by atoms with van der Waals surface area (Å²) in [5.74, 6) is 0. The Hall–Kier alpha value is -0.0800. The van der Waals surface area contributed by atoms with Crippen molar-refractivity contribution >= 4 is 0 Å². The van der Waals surface area contributed by atoms with Crippen LogP contribution in [0.3, 0.4) is 0 Å². The van der Waals surface area contributed by atoms with E-state index in [0.29, 0.717) is 6.04 Å². The monoisotopic (exact) mass is 130 g/mol. The van der Waals surface area contributed by atoms with E-state index in [1.165, 1.54) is 6.42 Å². The molecule has 9 heavy (non-hydrogen) atoms. The van der Waals surface area contributed by atoms with Crippen LogP contribution in [0.4, 0.5) is 0 Å². The molecule has 0 saturated carbocycles. The fourth-order valence-corrected chi connectivity index (χ4v) is 0.736. The summed E-state index contributed by atoms with van der Waals surface area (Å²) in [6, 6.07) is 0.675. The molecule has 0 aromatic heterocycles. The van der Waals surface area contributed by atoms with Crippen molar-refractivity contribution in [3.63, 3.8) is 0 Å². The largest absolute Gasteiger partial charge is 0.329 e. The van der Waals surface area contributed by atoms with Gasteiger partial charge in [-0.15, -0.1) is 0 Å². The number of nitrogens with zero attached hydrogens (tertiary/aromatic N) is 1. The molecule has 2 N–H and O–H groups in total. The Labute approximate surface area is 58.0 Å². The van der Waals surface area contributed by atoms with Gasteiger partial charge in [-0.3, -0.25) is 0 Å². The van der Waals surface area contributed by atoms with E-state index in [1.807, 2.05) is 0 Å². The zero-order valence-electron chi connectivity index (χ0n) is 6.72. The topological polar surface area (TPSA) is 29.3 Å². The van der Waals surface area contributed by atoms with Gasteiger partial charge in [0.2, 0.25) is 0 Å². The lowest BCUT2D eigenvalue weighted by atomic mass is 10.2. The molecule has 0 aliphatic heterocycles. The minimum atomic E-state index is 0.675. The zero-order chi connectivity index (χ0) is 7.28. The summed E-state index contributed by atoms with van der Waals surface area (Å²) in [5.41, 5.74) is 5.38. The molecule has 2 nitrogen and oxygen atoms in total. The molecule has 2 heteroatoms. The quantitative estimate of drug-likeness (QED) is 0.606. The Morgan fingerprint density at radius 1 is 1.56 bits per heavy atom. The Morgan fingerprint density at radius 2 is 2.11 bits per heavy atom. The fraction of sp³-hybridized carbons (Fsp3) is 1.00. The lowest BCUT2D eigenvalue weighted by molar-refractivity contribution is 0.259. The second-order valence-electron chi connectivity index (χ2n) is 2.53. The van der Waals surface area contributed by atoms with Crippen LogP contribution in [0.2, 0.25) is 0 Å². The summed E-state index contributed by atoms with van der Waals surface area (Å²) in [4.78, 5) is 2.28. The maximum atomic E-state index is 5.38. The van der Waals surface area contributed by atoms with Crippen LogP contribution in [0, 0.1) is 0 Å². The van der Waals surface area contributed by atoms with Crippen LogP contribution in [0.25, 0.3) is 0 Å². The standard InChI is InChI=1S/C7H18N2/c1-4-7(2)9(3)6-5-8/h7H,4-6,8H2,1-3H3/t7-/m0/s1. The second kappa shape index (κ2) is 4.77. The SMILES string of the molecule is CC[C@H](C)N(C)CCN. The predicted octanol–water partition coefficient (Wildman–Crippen LogP) is 0.675. The van der Waals surface area contributed by atoms with Gasteiger partial charge in [0, 0.05) is 19.1 Å². The molecule has 0 radical (unpaired) electrons. The highest BCUT2D eigenvalue weighted by Gasteiger charge is 2.03. The van der Waals surface area contributed by atoms with E-state index in [-0.39, 0.29) is 0 Å². The van der Waals surface area contributed by atoms with Crippen molar-refractivity contribution < 1.29 is 0 Å². The highest BCUT2D eigenvalue weighted by molar-refractivity contribution is 4.59. The Kier molecular flexibility index (Phi) is 4.72. The van der Waals surface area contributed by atoms with E-state index in [4.69, 9.17) is 5.73 Å². The van der Waals surface area contributed by atoms with Gasteiger partial charge in [0.15, 0.2) is 0 Å². The molecule has 0 fully saturated rings. The van der Waals surface area contributed by atoms with Gasteiger partial charge in [0.25, 0.3) is 0 Å². The molecule has 0 amide bonds. The molecular formula is C7H18N2. The lowest BCUT2D eigenvalue weighted by Crippen LogP contribution is -2.32. The molecule has 0 unspecified atom stereocenters. The Bertz CT molecular complexity index is 63.9. The van der Waals surface area contributed by atoms with Gasteiger partial charge in [-0.1, -0.05) is 6.92 Å². The van der Waals surface area contributed by atoms with Crippen molar-refractivity contribution in [2.24, 2.45) is 5.73 Å². The molecule has 0 aliphatic carbocycles. The summed E-state index contributed by atoms with van der Waals surface area (Å²) in [5, 5.41) is 0.